The zero-order chi connectivity index (χ0) is 13.1. The van der Waals surface area contributed by atoms with Gasteiger partial charge in [-0.25, -0.2) is 0 Å². The smallest absolute Gasteiger partial charge is 0.875 e. The largest absolute Gasteiger partial charge is 1.00 e. The minimum atomic E-state index is 0. The van der Waals surface area contributed by atoms with Crippen molar-refractivity contribution in [2.75, 3.05) is 0 Å². The van der Waals surface area contributed by atoms with Crippen LogP contribution in [-0.4, -0.2) is 0 Å². The summed E-state index contributed by atoms with van der Waals surface area (Å²) in [6.07, 6.45) is 3.84. The minimum absolute atomic E-state index is 0. The summed E-state index contributed by atoms with van der Waals surface area (Å²) in [6.45, 7) is 0. The molecule has 0 saturated carbocycles. The van der Waals surface area contributed by atoms with Crippen LogP contribution in [0, 0.1) is 0 Å². The SMILES string of the molecule is [Cs+].[O-]C1=C(c2ccc(-c3ccccc3)cc2)CCCC1. The summed E-state index contributed by atoms with van der Waals surface area (Å²) in [5, 5.41) is 11.9. The maximum absolute atomic E-state index is 11.9. The van der Waals surface area contributed by atoms with Crippen molar-refractivity contribution in [2.24, 2.45) is 0 Å². The summed E-state index contributed by atoms with van der Waals surface area (Å²) in [4.78, 5) is 0. The normalized spacial score (nSPS) is 14.8. The third-order valence-electron chi connectivity index (χ3n) is 3.76. The van der Waals surface area contributed by atoms with E-state index in [2.05, 4.69) is 36.4 Å². The molecule has 0 spiro atoms. The molecule has 0 unspecified atom stereocenters. The zero-order valence-electron chi connectivity index (χ0n) is 11.9. The van der Waals surface area contributed by atoms with E-state index < -0.39 is 0 Å². The standard InChI is InChI=1S/C18H18O.Cs/c19-18-9-5-4-8-17(18)16-12-10-15(11-13-16)14-6-2-1-3-7-14;/h1-3,6-7,10-13,19H,4-5,8-9H2;/q;+1/p-1. The van der Waals surface area contributed by atoms with Gasteiger partial charge >= 0.3 is 68.9 Å². The van der Waals surface area contributed by atoms with Crippen LogP contribution in [0.3, 0.4) is 0 Å². The van der Waals surface area contributed by atoms with Crippen LogP contribution < -0.4 is 74.0 Å². The van der Waals surface area contributed by atoms with Gasteiger partial charge < -0.3 is 5.11 Å². The number of benzene rings is 2. The maximum atomic E-state index is 11.9. The van der Waals surface area contributed by atoms with Gasteiger partial charge in [0.15, 0.2) is 0 Å². The summed E-state index contributed by atoms with van der Waals surface area (Å²) < 4.78 is 0. The van der Waals surface area contributed by atoms with Crippen molar-refractivity contribution >= 4 is 5.57 Å². The van der Waals surface area contributed by atoms with Crippen LogP contribution in [0.1, 0.15) is 31.2 Å². The Kier molecular flexibility index (Phi) is 6.46. The third-order valence-corrected chi connectivity index (χ3v) is 3.76. The Hall–Kier alpha value is 0.0319. The molecule has 2 aromatic rings. The molecule has 2 aromatic carbocycles. The second-order valence-electron chi connectivity index (χ2n) is 5.05. The van der Waals surface area contributed by atoms with Crippen molar-refractivity contribution < 1.29 is 74.0 Å². The van der Waals surface area contributed by atoms with Crippen LogP contribution in [0.4, 0.5) is 0 Å². The zero-order valence-corrected chi connectivity index (χ0v) is 18.2. The summed E-state index contributed by atoms with van der Waals surface area (Å²) >= 11 is 0. The molecule has 0 N–H and O–H groups in total. The predicted molar refractivity (Wildman–Crippen MR) is 77.3 cm³/mol. The molecule has 3 rings (SSSR count). The molecule has 1 aliphatic rings. The minimum Gasteiger partial charge on any atom is -0.875 e. The maximum Gasteiger partial charge on any atom is 1.00 e. The fourth-order valence-corrected chi connectivity index (χ4v) is 2.68. The van der Waals surface area contributed by atoms with Gasteiger partial charge in [-0.2, -0.15) is 0 Å². The van der Waals surface area contributed by atoms with E-state index in [-0.39, 0.29) is 68.9 Å². The van der Waals surface area contributed by atoms with E-state index in [1.54, 1.807) is 0 Å². The van der Waals surface area contributed by atoms with E-state index in [9.17, 15) is 5.11 Å². The number of allylic oxidation sites excluding steroid dienone is 2. The number of hydrogen-bond donors (Lipinski definition) is 0. The second-order valence-corrected chi connectivity index (χ2v) is 5.05. The molecule has 0 fully saturated rings. The first kappa shape index (κ1) is 16.4. The Balaban J connectivity index is 0.00000147. The first-order valence-electron chi connectivity index (χ1n) is 6.89. The molecule has 0 amide bonds. The van der Waals surface area contributed by atoms with Crippen LogP contribution in [-0.2, 0) is 0 Å². The summed E-state index contributed by atoms with van der Waals surface area (Å²) in [6, 6.07) is 18.7. The first-order valence-corrected chi connectivity index (χ1v) is 6.89. The first-order chi connectivity index (χ1) is 9.34. The molecule has 1 aliphatic carbocycles. The average molecular weight is 382 g/mol. The molecular weight excluding hydrogens is 365 g/mol. The molecule has 0 bridgehead atoms. The van der Waals surface area contributed by atoms with Gasteiger partial charge in [0.2, 0.25) is 0 Å². The van der Waals surface area contributed by atoms with Gasteiger partial charge in [0.25, 0.3) is 0 Å². The van der Waals surface area contributed by atoms with Gasteiger partial charge in [0, 0.05) is 0 Å². The monoisotopic (exact) mass is 382 g/mol. The Morgan fingerprint density at radius 1 is 0.650 bits per heavy atom. The molecule has 2 heteroatoms. The van der Waals surface area contributed by atoms with Crippen LogP contribution in [0.2, 0.25) is 0 Å². The van der Waals surface area contributed by atoms with Crippen molar-refractivity contribution in [1.82, 2.24) is 0 Å². The van der Waals surface area contributed by atoms with E-state index in [1.807, 2.05) is 18.2 Å². The van der Waals surface area contributed by atoms with E-state index in [0.29, 0.717) is 5.76 Å². The number of hydrogen-bond acceptors (Lipinski definition) is 1. The quantitative estimate of drug-likeness (QED) is 0.761. The molecule has 0 saturated heterocycles. The van der Waals surface area contributed by atoms with Crippen molar-refractivity contribution in [1.29, 1.82) is 0 Å². The second kappa shape index (κ2) is 7.88. The van der Waals surface area contributed by atoms with Gasteiger partial charge in [-0.15, -0.1) is 5.76 Å². The Morgan fingerprint density at radius 2 is 1.20 bits per heavy atom. The summed E-state index contributed by atoms with van der Waals surface area (Å²) in [5.41, 5.74) is 4.54. The van der Waals surface area contributed by atoms with Crippen LogP contribution in [0.25, 0.3) is 16.7 Å². The Labute approximate surface area is 179 Å². The molecule has 0 heterocycles. The van der Waals surface area contributed by atoms with Gasteiger partial charge in [-0.3, -0.25) is 0 Å². The topological polar surface area (TPSA) is 23.1 Å². The number of rotatable bonds is 2. The molecule has 96 valence electrons. The van der Waals surface area contributed by atoms with E-state index in [0.717, 1.165) is 36.8 Å². The van der Waals surface area contributed by atoms with Crippen molar-refractivity contribution in [3.8, 4) is 11.1 Å². The van der Waals surface area contributed by atoms with Crippen LogP contribution in [0.15, 0.2) is 60.4 Å². The fraction of sp³-hybridized carbons (Fsp3) is 0.222. The van der Waals surface area contributed by atoms with Crippen molar-refractivity contribution in [3.63, 3.8) is 0 Å². The summed E-state index contributed by atoms with van der Waals surface area (Å²) in [5.74, 6) is 0.332. The molecule has 0 aliphatic heterocycles. The van der Waals surface area contributed by atoms with E-state index in [1.165, 1.54) is 11.1 Å². The third kappa shape index (κ3) is 3.81. The van der Waals surface area contributed by atoms with Crippen molar-refractivity contribution in [3.05, 3.63) is 65.9 Å². The van der Waals surface area contributed by atoms with Crippen LogP contribution in [0.5, 0.6) is 0 Å². The van der Waals surface area contributed by atoms with Gasteiger partial charge in [-0.05, 0) is 36.0 Å². The Bertz CT molecular complexity index is 585. The molecule has 0 atom stereocenters. The van der Waals surface area contributed by atoms with Gasteiger partial charge in [0.05, 0.1) is 0 Å². The van der Waals surface area contributed by atoms with Gasteiger partial charge in [0.1, 0.15) is 0 Å². The Morgan fingerprint density at radius 3 is 1.85 bits per heavy atom. The van der Waals surface area contributed by atoms with E-state index >= 15 is 0 Å². The van der Waals surface area contributed by atoms with Crippen molar-refractivity contribution in [2.45, 2.75) is 25.7 Å². The van der Waals surface area contributed by atoms with E-state index in [4.69, 9.17) is 0 Å². The molecular formula is C18H17CsO. The van der Waals surface area contributed by atoms with Crippen LogP contribution >= 0.6 is 0 Å². The van der Waals surface area contributed by atoms with Gasteiger partial charge in [-0.1, -0.05) is 66.6 Å². The molecule has 20 heavy (non-hydrogen) atoms. The fourth-order valence-electron chi connectivity index (χ4n) is 2.68. The predicted octanol–water partition coefficient (Wildman–Crippen LogP) is 1.00. The molecule has 0 radical (unpaired) electrons. The average Bonchev–Trinajstić information content (AvgIpc) is 2.49. The molecule has 1 nitrogen and oxygen atoms in total. The molecule has 0 aromatic heterocycles. The summed E-state index contributed by atoms with van der Waals surface area (Å²) in [7, 11) is 0.